The summed E-state index contributed by atoms with van der Waals surface area (Å²) in [4.78, 5) is 4.51. The molecule has 4 nitrogen and oxygen atoms in total. The molecule has 0 aliphatic carbocycles. The number of likely N-dealkylation sites (tertiary alicyclic amines) is 1. The van der Waals surface area contributed by atoms with Gasteiger partial charge in [-0.05, 0) is 58.2 Å². The highest BCUT2D eigenvalue weighted by molar-refractivity contribution is 6.32. The van der Waals surface area contributed by atoms with Gasteiger partial charge in [-0.25, -0.2) is 4.39 Å². The van der Waals surface area contributed by atoms with Crippen LogP contribution in [0.5, 0.6) is 5.75 Å². The number of piperidine rings is 1. The van der Waals surface area contributed by atoms with Gasteiger partial charge in [-0.3, -0.25) is 0 Å². The molecule has 1 heterocycles. The third-order valence-corrected chi connectivity index (χ3v) is 4.43. The Morgan fingerprint density at radius 1 is 1.43 bits per heavy atom. The molecule has 0 amide bonds. The normalized spacial score (nSPS) is 17.8. The van der Waals surface area contributed by atoms with Crippen molar-refractivity contribution >= 4 is 24.0 Å². The number of nitrogens with zero attached hydrogens (tertiary/aromatic N) is 2. The maximum Gasteiger partial charge on any atom is 0.138 e. The zero-order valence-electron chi connectivity index (χ0n) is 13.5. The molecule has 1 fully saturated rings. The third kappa shape index (κ3) is 6.43. The van der Waals surface area contributed by atoms with E-state index >= 15 is 0 Å². The predicted octanol–water partition coefficient (Wildman–Crippen LogP) is 2.67. The average Bonchev–Trinajstić information content (AvgIpc) is 2.47. The first-order valence-electron chi connectivity index (χ1n) is 7.60. The summed E-state index contributed by atoms with van der Waals surface area (Å²) < 4.78 is 18.4. The molecule has 1 atom stereocenters. The van der Waals surface area contributed by atoms with Crippen molar-refractivity contribution in [3.05, 3.63) is 29.0 Å². The largest absolute Gasteiger partial charge is 0.489 e. The molecule has 23 heavy (non-hydrogen) atoms. The number of halogens is 3. The molecule has 1 aromatic rings. The van der Waals surface area contributed by atoms with Gasteiger partial charge in [0.15, 0.2) is 0 Å². The van der Waals surface area contributed by atoms with E-state index in [0.29, 0.717) is 18.3 Å². The van der Waals surface area contributed by atoms with E-state index in [9.17, 15) is 9.50 Å². The van der Waals surface area contributed by atoms with E-state index in [1.807, 2.05) is 7.05 Å². The molecule has 132 valence electrons. The molecule has 0 spiro atoms. The SMILES string of the molecule is CN1CCC(N(C)CC(O)COc2ccc(F)cc2Cl)CC1.Cl. The Hall–Kier alpha value is -0.590. The first kappa shape index (κ1) is 20.5. The minimum atomic E-state index is -0.606. The van der Waals surface area contributed by atoms with Gasteiger partial charge in [0.2, 0.25) is 0 Å². The topological polar surface area (TPSA) is 35.9 Å². The van der Waals surface area contributed by atoms with E-state index in [2.05, 4.69) is 16.8 Å². The summed E-state index contributed by atoms with van der Waals surface area (Å²) >= 11 is 5.89. The summed E-state index contributed by atoms with van der Waals surface area (Å²) in [5.41, 5.74) is 0. The molecule has 1 aromatic carbocycles. The van der Waals surface area contributed by atoms with Gasteiger partial charge in [-0.15, -0.1) is 12.4 Å². The van der Waals surface area contributed by atoms with E-state index in [4.69, 9.17) is 16.3 Å². The fourth-order valence-electron chi connectivity index (χ4n) is 2.75. The zero-order valence-corrected chi connectivity index (χ0v) is 15.1. The first-order valence-corrected chi connectivity index (χ1v) is 7.98. The summed E-state index contributed by atoms with van der Waals surface area (Å²) in [5.74, 6) is -0.0102. The molecule has 2 rings (SSSR count). The highest BCUT2D eigenvalue weighted by Crippen LogP contribution is 2.25. The van der Waals surface area contributed by atoms with E-state index in [0.717, 1.165) is 25.9 Å². The molecule has 1 aliphatic heterocycles. The lowest BCUT2D eigenvalue weighted by atomic mass is 10.0. The molecule has 0 aromatic heterocycles. The van der Waals surface area contributed by atoms with Crippen molar-refractivity contribution in [3.8, 4) is 5.75 Å². The lowest BCUT2D eigenvalue weighted by Gasteiger charge is -2.35. The van der Waals surface area contributed by atoms with Crippen molar-refractivity contribution in [2.75, 3.05) is 40.3 Å². The van der Waals surface area contributed by atoms with Crippen LogP contribution in [0.4, 0.5) is 4.39 Å². The molecule has 7 heteroatoms. The summed E-state index contributed by atoms with van der Waals surface area (Å²) in [7, 11) is 4.16. The van der Waals surface area contributed by atoms with Crippen LogP contribution in [-0.4, -0.2) is 67.4 Å². The van der Waals surface area contributed by atoms with Gasteiger partial charge < -0.3 is 19.6 Å². The van der Waals surface area contributed by atoms with Crippen molar-refractivity contribution in [1.29, 1.82) is 0 Å². The lowest BCUT2D eigenvalue weighted by molar-refractivity contribution is 0.0498. The molecule has 1 N–H and O–H groups in total. The van der Waals surface area contributed by atoms with E-state index in [1.54, 1.807) is 0 Å². The van der Waals surface area contributed by atoms with E-state index in [1.165, 1.54) is 18.2 Å². The highest BCUT2D eigenvalue weighted by atomic mass is 35.5. The number of rotatable bonds is 6. The molecular weight excluding hydrogens is 342 g/mol. The standard InChI is InChI=1S/C16H24ClFN2O2.ClH/c1-19-7-5-13(6-8-19)20(2)10-14(21)11-22-16-4-3-12(18)9-15(16)17;/h3-4,9,13-14,21H,5-8,10-11H2,1-2H3;1H. The molecular formula is C16H25Cl2FN2O2. The zero-order chi connectivity index (χ0) is 16.1. The number of hydrogen-bond acceptors (Lipinski definition) is 4. The molecule has 0 bridgehead atoms. The second-order valence-corrected chi connectivity index (χ2v) is 6.42. The first-order chi connectivity index (χ1) is 10.5. The summed E-state index contributed by atoms with van der Waals surface area (Å²) in [6.45, 7) is 2.87. The van der Waals surface area contributed by atoms with Gasteiger partial charge in [0.25, 0.3) is 0 Å². The minimum absolute atomic E-state index is 0. The van der Waals surface area contributed by atoms with Crippen LogP contribution < -0.4 is 4.74 Å². The monoisotopic (exact) mass is 366 g/mol. The van der Waals surface area contributed by atoms with Crippen LogP contribution in [0, 0.1) is 5.82 Å². The van der Waals surface area contributed by atoms with Crippen molar-refractivity contribution in [1.82, 2.24) is 9.80 Å². The number of ether oxygens (including phenoxy) is 1. The van der Waals surface area contributed by atoms with Gasteiger partial charge in [0, 0.05) is 12.6 Å². The third-order valence-electron chi connectivity index (χ3n) is 4.14. The molecule has 1 unspecified atom stereocenters. The Morgan fingerprint density at radius 3 is 2.70 bits per heavy atom. The molecule has 0 saturated carbocycles. The van der Waals surface area contributed by atoms with Gasteiger partial charge >= 0.3 is 0 Å². The Kier molecular flexibility index (Phi) is 8.58. The number of aliphatic hydroxyl groups excluding tert-OH is 1. The molecule has 0 radical (unpaired) electrons. The van der Waals surface area contributed by atoms with Crippen LogP contribution in [0.25, 0.3) is 0 Å². The maximum atomic E-state index is 13.0. The molecule has 1 aliphatic rings. The van der Waals surface area contributed by atoms with Crippen LogP contribution >= 0.6 is 24.0 Å². The van der Waals surface area contributed by atoms with Crippen molar-refractivity contribution in [2.24, 2.45) is 0 Å². The van der Waals surface area contributed by atoms with Gasteiger partial charge in [-0.2, -0.15) is 0 Å². The second kappa shape index (κ2) is 9.64. The lowest BCUT2D eigenvalue weighted by Crippen LogP contribution is -2.45. The Morgan fingerprint density at radius 2 is 2.09 bits per heavy atom. The number of hydrogen-bond donors (Lipinski definition) is 1. The summed E-state index contributed by atoms with van der Waals surface area (Å²) in [6.07, 6.45) is 1.63. The smallest absolute Gasteiger partial charge is 0.138 e. The van der Waals surface area contributed by atoms with Gasteiger partial charge in [0.1, 0.15) is 24.3 Å². The number of likely N-dealkylation sites (N-methyl/N-ethyl adjacent to an activating group) is 1. The van der Waals surface area contributed by atoms with Crippen LogP contribution in [0.3, 0.4) is 0 Å². The Labute approximate surface area is 148 Å². The van der Waals surface area contributed by atoms with Crippen molar-refractivity contribution < 1.29 is 14.2 Å². The number of benzene rings is 1. The fraction of sp³-hybridized carbons (Fsp3) is 0.625. The van der Waals surface area contributed by atoms with Crippen molar-refractivity contribution in [3.63, 3.8) is 0 Å². The highest BCUT2D eigenvalue weighted by Gasteiger charge is 2.22. The quantitative estimate of drug-likeness (QED) is 0.839. The fourth-order valence-corrected chi connectivity index (χ4v) is 2.97. The van der Waals surface area contributed by atoms with E-state index < -0.39 is 11.9 Å². The van der Waals surface area contributed by atoms with Crippen LogP contribution in [0.1, 0.15) is 12.8 Å². The Balaban J connectivity index is 0.00000264. The number of aliphatic hydroxyl groups is 1. The summed E-state index contributed by atoms with van der Waals surface area (Å²) in [5, 5.41) is 10.3. The van der Waals surface area contributed by atoms with Crippen LogP contribution in [-0.2, 0) is 0 Å². The van der Waals surface area contributed by atoms with Crippen molar-refractivity contribution in [2.45, 2.75) is 25.0 Å². The maximum absolute atomic E-state index is 13.0. The Bertz CT molecular complexity index is 485. The predicted molar refractivity (Wildman–Crippen MR) is 93.3 cm³/mol. The van der Waals surface area contributed by atoms with Gasteiger partial charge in [0.05, 0.1) is 5.02 Å². The minimum Gasteiger partial charge on any atom is -0.489 e. The molecule has 1 saturated heterocycles. The summed E-state index contributed by atoms with van der Waals surface area (Å²) in [6, 6.07) is 4.47. The van der Waals surface area contributed by atoms with Crippen LogP contribution in [0.15, 0.2) is 18.2 Å². The second-order valence-electron chi connectivity index (χ2n) is 6.01. The van der Waals surface area contributed by atoms with Crippen LogP contribution in [0.2, 0.25) is 5.02 Å². The van der Waals surface area contributed by atoms with Gasteiger partial charge in [-0.1, -0.05) is 11.6 Å². The average molecular weight is 367 g/mol. The van der Waals surface area contributed by atoms with E-state index in [-0.39, 0.29) is 24.0 Å².